The third-order valence-electron chi connectivity index (χ3n) is 5.78. The second kappa shape index (κ2) is 14.3. The average Bonchev–Trinajstić information content (AvgIpc) is 3.04. The van der Waals surface area contributed by atoms with E-state index in [1.54, 1.807) is 6.08 Å². The first kappa shape index (κ1) is 26.3. The van der Waals surface area contributed by atoms with Crippen molar-refractivity contribution in [3.05, 3.63) is 37.0 Å². The first-order valence-electron chi connectivity index (χ1n) is 11.4. The van der Waals surface area contributed by atoms with Crippen molar-refractivity contribution >= 4 is 11.8 Å². The summed E-state index contributed by atoms with van der Waals surface area (Å²) in [7, 11) is 0. The molecular weight excluding hydrogens is 380 g/mol. The number of Topliss-reactive ketones (excluding diaryl/α,β-unsaturated/α-hetero) is 1. The van der Waals surface area contributed by atoms with E-state index in [0.29, 0.717) is 31.5 Å². The van der Waals surface area contributed by atoms with Crippen LogP contribution in [0.2, 0.25) is 0 Å². The molecule has 1 saturated carbocycles. The van der Waals surface area contributed by atoms with Crippen LogP contribution in [0.5, 0.6) is 0 Å². The van der Waals surface area contributed by atoms with Crippen molar-refractivity contribution in [2.24, 2.45) is 11.8 Å². The van der Waals surface area contributed by atoms with Gasteiger partial charge in [-0.1, -0.05) is 50.1 Å². The largest absolute Gasteiger partial charge is 0.436 e. The standard InChI is InChI=1S/C25H40O5/c1-4-6-18-25(29,5-2)19-12-13-21-16-17-23(27)22(21)14-10-8-7-9-11-15-24(28)30-20(3)26/h5,8,10,12-13,21-22,24,28-29H,2,4,6-7,9,11,14-19H2,1,3H3/t21-,22+,24?,25?/m0/s1. The number of rotatable bonds is 15. The summed E-state index contributed by atoms with van der Waals surface area (Å²) in [6, 6.07) is 0. The molecule has 5 heteroatoms. The topological polar surface area (TPSA) is 83.8 Å². The van der Waals surface area contributed by atoms with Crippen LogP contribution in [0.4, 0.5) is 0 Å². The fourth-order valence-electron chi connectivity index (χ4n) is 3.88. The molecule has 0 amide bonds. The number of aliphatic hydroxyl groups excluding tert-OH is 1. The van der Waals surface area contributed by atoms with Gasteiger partial charge in [0.2, 0.25) is 6.29 Å². The van der Waals surface area contributed by atoms with Gasteiger partial charge in [0.1, 0.15) is 5.78 Å². The minimum Gasteiger partial charge on any atom is -0.436 e. The number of ketones is 1. The Hall–Kier alpha value is -1.72. The summed E-state index contributed by atoms with van der Waals surface area (Å²) in [5, 5.41) is 20.1. The molecule has 5 nitrogen and oxygen atoms in total. The Morgan fingerprint density at radius 1 is 1.30 bits per heavy atom. The highest BCUT2D eigenvalue weighted by atomic mass is 16.6. The molecule has 0 aromatic rings. The molecular formula is C25H40O5. The fourth-order valence-corrected chi connectivity index (χ4v) is 3.88. The third kappa shape index (κ3) is 10.4. The summed E-state index contributed by atoms with van der Waals surface area (Å²) in [6.07, 6.45) is 17.4. The van der Waals surface area contributed by atoms with Gasteiger partial charge >= 0.3 is 5.97 Å². The van der Waals surface area contributed by atoms with Crippen molar-refractivity contribution in [1.29, 1.82) is 0 Å². The van der Waals surface area contributed by atoms with E-state index in [1.165, 1.54) is 6.92 Å². The second-order valence-corrected chi connectivity index (χ2v) is 8.37. The van der Waals surface area contributed by atoms with E-state index in [2.05, 4.69) is 36.5 Å². The van der Waals surface area contributed by atoms with Gasteiger partial charge in [-0.15, -0.1) is 6.58 Å². The van der Waals surface area contributed by atoms with Crippen LogP contribution in [0, 0.1) is 11.8 Å². The number of unbranched alkanes of at least 4 members (excludes halogenated alkanes) is 3. The van der Waals surface area contributed by atoms with Gasteiger partial charge in [0.25, 0.3) is 0 Å². The molecule has 1 aliphatic rings. The zero-order valence-corrected chi connectivity index (χ0v) is 18.7. The molecule has 0 radical (unpaired) electrons. The summed E-state index contributed by atoms with van der Waals surface area (Å²) in [4.78, 5) is 23.0. The fraction of sp³-hybridized carbons (Fsp3) is 0.680. The summed E-state index contributed by atoms with van der Waals surface area (Å²) >= 11 is 0. The molecule has 0 spiro atoms. The van der Waals surface area contributed by atoms with Crippen LogP contribution in [0.15, 0.2) is 37.0 Å². The van der Waals surface area contributed by atoms with Crippen LogP contribution < -0.4 is 0 Å². The molecule has 0 aliphatic heterocycles. The summed E-state index contributed by atoms with van der Waals surface area (Å²) in [6.45, 7) is 7.16. The quantitative estimate of drug-likeness (QED) is 0.168. The summed E-state index contributed by atoms with van der Waals surface area (Å²) in [5.41, 5.74) is -0.854. The van der Waals surface area contributed by atoms with E-state index < -0.39 is 17.9 Å². The van der Waals surface area contributed by atoms with Crippen LogP contribution in [0.25, 0.3) is 0 Å². The molecule has 0 bridgehead atoms. The predicted octanol–water partition coefficient (Wildman–Crippen LogP) is 5.02. The van der Waals surface area contributed by atoms with Crippen molar-refractivity contribution in [3.63, 3.8) is 0 Å². The number of aliphatic hydroxyl groups is 2. The summed E-state index contributed by atoms with van der Waals surface area (Å²) < 4.78 is 4.68. The van der Waals surface area contributed by atoms with Crippen LogP contribution in [-0.2, 0) is 14.3 Å². The van der Waals surface area contributed by atoms with Crippen LogP contribution in [-0.4, -0.2) is 33.9 Å². The highest BCUT2D eigenvalue weighted by Gasteiger charge is 2.32. The van der Waals surface area contributed by atoms with Crippen molar-refractivity contribution in [2.75, 3.05) is 0 Å². The molecule has 1 aliphatic carbocycles. The molecule has 0 saturated heterocycles. The summed E-state index contributed by atoms with van der Waals surface area (Å²) in [5.74, 6) is 0.114. The Bertz CT molecular complexity index is 594. The maximum absolute atomic E-state index is 12.3. The van der Waals surface area contributed by atoms with Gasteiger partial charge in [0.05, 0.1) is 5.60 Å². The smallest absolute Gasteiger partial charge is 0.304 e. The third-order valence-corrected chi connectivity index (χ3v) is 5.78. The number of carbonyl (C=O) groups is 2. The maximum Gasteiger partial charge on any atom is 0.304 e. The zero-order chi connectivity index (χ0) is 22.4. The molecule has 30 heavy (non-hydrogen) atoms. The highest BCUT2D eigenvalue weighted by molar-refractivity contribution is 5.83. The van der Waals surface area contributed by atoms with Crippen LogP contribution >= 0.6 is 0 Å². The van der Waals surface area contributed by atoms with Gasteiger partial charge in [-0.05, 0) is 50.9 Å². The van der Waals surface area contributed by atoms with Gasteiger partial charge in [0, 0.05) is 25.7 Å². The van der Waals surface area contributed by atoms with Gasteiger partial charge in [-0.25, -0.2) is 0 Å². The zero-order valence-electron chi connectivity index (χ0n) is 18.7. The molecule has 2 N–H and O–H groups in total. The number of allylic oxidation sites excluding steroid dienone is 3. The van der Waals surface area contributed by atoms with Crippen molar-refractivity contribution in [2.45, 2.75) is 96.4 Å². The highest BCUT2D eigenvalue weighted by Crippen LogP contribution is 2.33. The predicted molar refractivity (Wildman–Crippen MR) is 120 cm³/mol. The molecule has 2 unspecified atom stereocenters. The van der Waals surface area contributed by atoms with Crippen LogP contribution in [0.1, 0.15) is 84.5 Å². The maximum atomic E-state index is 12.3. The van der Waals surface area contributed by atoms with E-state index in [1.807, 2.05) is 6.08 Å². The van der Waals surface area contributed by atoms with E-state index in [9.17, 15) is 19.8 Å². The van der Waals surface area contributed by atoms with Gasteiger partial charge in [-0.3, -0.25) is 9.59 Å². The molecule has 4 atom stereocenters. The molecule has 0 heterocycles. The minimum absolute atomic E-state index is 0.0238. The van der Waals surface area contributed by atoms with E-state index >= 15 is 0 Å². The van der Waals surface area contributed by atoms with Gasteiger partial charge < -0.3 is 14.9 Å². The normalized spacial score (nSPS) is 22.5. The lowest BCUT2D eigenvalue weighted by molar-refractivity contribution is -0.166. The Kier molecular flexibility index (Phi) is 12.6. The number of hydrogen-bond acceptors (Lipinski definition) is 5. The van der Waals surface area contributed by atoms with Crippen LogP contribution in [0.3, 0.4) is 0 Å². The molecule has 0 aromatic heterocycles. The number of hydrogen-bond donors (Lipinski definition) is 2. The van der Waals surface area contributed by atoms with Crippen molar-refractivity contribution in [3.8, 4) is 0 Å². The van der Waals surface area contributed by atoms with Gasteiger partial charge in [0.15, 0.2) is 0 Å². The number of esters is 1. The molecule has 170 valence electrons. The Morgan fingerprint density at radius 3 is 2.73 bits per heavy atom. The number of ether oxygens (including phenoxy) is 1. The Labute approximate surface area is 181 Å². The SMILES string of the molecule is C=CC(O)(CC=C[C@H]1CCC(=O)[C@@H]1CC=CCCCCC(O)OC(C)=O)CCCC. The monoisotopic (exact) mass is 420 g/mol. The minimum atomic E-state index is -1.02. The van der Waals surface area contributed by atoms with Crippen molar-refractivity contribution in [1.82, 2.24) is 0 Å². The van der Waals surface area contributed by atoms with E-state index in [0.717, 1.165) is 44.9 Å². The first-order valence-corrected chi connectivity index (χ1v) is 11.4. The average molecular weight is 421 g/mol. The lowest BCUT2D eigenvalue weighted by atomic mass is 9.89. The van der Waals surface area contributed by atoms with E-state index in [-0.39, 0.29) is 11.8 Å². The lowest BCUT2D eigenvalue weighted by Gasteiger charge is -2.22. The number of carbonyl (C=O) groups excluding carboxylic acids is 2. The molecule has 1 fully saturated rings. The van der Waals surface area contributed by atoms with Gasteiger partial charge in [-0.2, -0.15) is 0 Å². The molecule has 1 rings (SSSR count). The van der Waals surface area contributed by atoms with Crippen molar-refractivity contribution < 1.29 is 24.5 Å². The van der Waals surface area contributed by atoms with E-state index in [4.69, 9.17) is 0 Å². The Morgan fingerprint density at radius 2 is 2.07 bits per heavy atom. The molecule has 0 aromatic carbocycles. The Balaban J connectivity index is 2.38. The first-order chi connectivity index (χ1) is 14.3. The second-order valence-electron chi connectivity index (χ2n) is 8.37. The lowest BCUT2D eigenvalue weighted by Crippen LogP contribution is -2.24.